The first-order valence-corrected chi connectivity index (χ1v) is 29.3. The first kappa shape index (κ1) is 52.8. The molecule has 0 aliphatic carbocycles. The Morgan fingerprint density at radius 3 is 2.13 bits per heavy atom. The standard InChI is InChI=1S/C66H58F4N12O3/c67-49-16-2-12-42-11-1-14-45(53(42)49)57-56(70)60-48(36-74-57)62(83-32-5-10-40-9-4-26-71-33-40)79-64(77-60)85-39-66-24-8-30-82(66)51(21-25-66)43-18-19-50(68)54-44(43)13-3-15-46(54)58-55(69)59-47(35-73-58)61(75-34-41-17-20-52-72-27-31-80(52)37-41)78-63(76-59)84-38-65-22-6-28-81(65)29-7-23-65/h1-4,9,11-20,26-27,31,33,35-37,51H,5-8,10,21-25,28-30,32,34,38-39H2,(H,75,76,78). The van der Waals surface area contributed by atoms with Crippen molar-refractivity contribution in [3.05, 3.63) is 174 Å². The number of rotatable bonds is 17. The average molecular weight is 1140 g/mol. The molecule has 4 aliphatic heterocycles. The summed E-state index contributed by atoms with van der Waals surface area (Å²) in [7, 11) is 0. The van der Waals surface area contributed by atoms with Gasteiger partial charge in [0.05, 0.1) is 28.5 Å². The fourth-order valence-corrected chi connectivity index (χ4v) is 14.1. The molecule has 0 radical (unpaired) electrons. The Morgan fingerprint density at radius 1 is 0.600 bits per heavy atom. The number of nitrogens with zero attached hydrogens (tertiary/aromatic N) is 11. The second-order valence-electron chi connectivity index (χ2n) is 23.0. The second-order valence-corrected chi connectivity index (χ2v) is 23.0. The van der Waals surface area contributed by atoms with Crippen LogP contribution in [0, 0.1) is 23.3 Å². The number of aromatic nitrogens is 9. The van der Waals surface area contributed by atoms with Gasteiger partial charge in [-0.1, -0.05) is 66.7 Å². The maximum Gasteiger partial charge on any atom is 0.320 e. The van der Waals surface area contributed by atoms with E-state index in [0.717, 1.165) is 93.3 Å². The van der Waals surface area contributed by atoms with Gasteiger partial charge in [0, 0.05) is 77.9 Å². The Labute approximate surface area is 486 Å². The van der Waals surface area contributed by atoms with Crippen molar-refractivity contribution in [2.24, 2.45) is 0 Å². The number of ether oxygens (including phenoxy) is 3. The Kier molecular flexibility index (Phi) is 13.4. The third-order valence-electron chi connectivity index (χ3n) is 18.2. The SMILES string of the molecule is Fc1c(-c2cccc3c(C4CCC5(COc6nc(OCCCc7cccnc7)c7cnc(-c8cccc9cccc(F)c89)c(F)c7n6)CCCN45)ccc(F)c23)ncc2c(NCc3ccc4nccn4c3)nc(OCC34CCCN3CCC4)nc12. The summed E-state index contributed by atoms with van der Waals surface area (Å²) in [5, 5.41) is 5.77. The van der Waals surface area contributed by atoms with E-state index in [1.165, 1.54) is 18.3 Å². The lowest BCUT2D eigenvalue weighted by atomic mass is 9.92. The molecule has 4 saturated heterocycles. The van der Waals surface area contributed by atoms with Crippen LogP contribution in [0.5, 0.6) is 17.9 Å². The van der Waals surface area contributed by atoms with Crippen LogP contribution in [0.2, 0.25) is 0 Å². The van der Waals surface area contributed by atoms with E-state index < -0.39 is 28.8 Å². The van der Waals surface area contributed by atoms with E-state index in [0.29, 0.717) is 53.5 Å². The molecule has 7 aromatic heterocycles. The maximum atomic E-state index is 17.7. The molecule has 15 rings (SSSR count). The molecule has 0 saturated carbocycles. The normalized spacial score (nSPS) is 18.5. The molecule has 19 heteroatoms. The fourth-order valence-electron chi connectivity index (χ4n) is 14.1. The number of hydrogen-bond donors (Lipinski definition) is 1. The van der Waals surface area contributed by atoms with E-state index in [2.05, 4.69) is 35.1 Å². The summed E-state index contributed by atoms with van der Waals surface area (Å²) in [5.41, 5.74) is 3.53. The van der Waals surface area contributed by atoms with E-state index in [1.807, 2.05) is 65.5 Å². The van der Waals surface area contributed by atoms with Crippen LogP contribution in [0.3, 0.4) is 0 Å². The summed E-state index contributed by atoms with van der Waals surface area (Å²) in [4.78, 5) is 41.8. The van der Waals surface area contributed by atoms with E-state index in [9.17, 15) is 0 Å². The van der Waals surface area contributed by atoms with Crippen LogP contribution in [0.1, 0.15) is 80.5 Å². The Balaban J connectivity index is 0.739. The fraction of sp³-hybridized carbons (Fsp3) is 0.303. The van der Waals surface area contributed by atoms with Gasteiger partial charge in [-0.3, -0.25) is 24.8 Å². The highest BCUT2D eigenvalue weighted by atomic mass is 19.1. The van der Waals surface area contributed by atoms with Gasteiger partial charge in [-0.25, -0.2) is 22.5 Å². The average Bonchev–Trinajstić information content (AvgIpc) is 2.79. The third kappa shape index (κ3) is 9.44. The van der Waals surface area contributed by atoms with Crippen molar-refractivity contribution >= 4 is 54.8 Å². The van der Waals surface area contributed by atoms with Crippen molar-refractivity contribution in [3.8, 4) is 40.4 Å². The van der Waals surface area contributed by atoms with Crippen LogP contribution >= 0.6 is 0 Å². The lowest BCUT2D eigenvalue weighted by molar-refractivity contribution is 0.0843. The minimum absolute atomic E-state index is 0.0101. The molecule has 0 spiro atoms. The number of pyridine rings is 4. The van der Waals surface area contributed by atoms with Gasteiger partial charge in [0.2, 0.25) is 5.88 Å². The third-order valence-corrected chi connectivity index (χ3v) is 18.2. The van der Waals surface area contributed by atoms with E-state index >= 15 is 17.6 Å². The van der Waals surface area contributed by atoms with Gasteiger partial charge in [-0.2, -0.15) is 19.9 Å². The van der Waals surface area contributed by atoms with Crippen molar-refractivity contribution in [2.45, 2.75) is 87.9 Å². The number of benzene rings is 4. The summed E-state index contributed by atoms with van der Waals surface area (Å²) < 4.78 is 88.3. The lowest BCUT2D eigenvalue weighted by Gasteiger charge is -2.35. The molecule has 11 heterocycles. The first-order valence-electron chi connectivity index (χ1n) is 29.3. The van der Waals surface area contributed by atoms with E-state index in [-0.39, 0.29) is 86.8 Å². The number of fused-ring (bicyclic) bond motifs is 7. The van der Waals surface area contributed by atoms with Crippen molar-refractivity contribution in [1.29, 1.82) is 0 Å². The molecule has 4 aromatic carbocycles. The van der Waals surface area contributed by atoms with Gasteiger partial charge < -0.3 is 23.9 Å². The minimum Gasteiger partial charge on any atom is -0.477 e. The Morgan fingerprint density at radius 2 is 1.32 bits per heavy atom. The van der Waals surface area contributed by atoms with Gasteiger partial charge in [-0.15, -0.1) is 0 Å². The molecule has 15 nitrogen and oxygen atoms in total. The zero-order valence-electron chi connectivity index (χ0n) is 46.5. The number of aryl methyl sites for hydroxylation is 1. The van der Waals surface area contributed by atoms with Crippen LogP contribution < -0.4 is 19.5 Å². The van der Waals surface area contributed by atoms with Crippen LogP contribution in [0.25, 0.3) is 71.5 Å². The Bertz CT molecular complexity index is 4390. The van der Waals surface area contributed by atoms with Crippen molar-refractivity contribution < 1.29 is 31.8 Å². The first-order chi connectivity index (χ1) is 41.7. The number of anilines is 1. The van der Waals surface area contributed by atoms with E-state index in [1.54, 1.807) is 55.0 Å². The van der Waals surface area contributed by atoms with Crippen LogP contribution in [0.15, 0.2) is 134 Å². The molecule has 85 heavy (non-hydrogen) atoms. The van der Waals surface area contributed by atoms with Gasteiger partial charge in [0.25, 0.3) is 0 Å². The number of halogens is 4. The van der Waals surface area contributed by atoms with Gasteiger partial charge >= 0.3 is 12.0 Å². The molecule has 4 aliphatic rings. The number of nitrogens with one attached hydrogen (secondary N) is 1. The quantitative estimate of drug-likeness (QED) is 0.0679. The molecule has 428 valence electrons. The molecular weight excluding hydrogens is 1080 g/mol. The summed E-state index contributed by atoms with van der Waals surface area (Å²) in [6.45, 7) is 3.95. The Hall–Kier alpha value is -8.94. The minimum atomic E-state index is -0.761. The zero-order valence-corrected chi connectivity index (χ0v) is 46.5. The predicted octanol–water partition coefficient (Wildman–Crippen LogP) is 13.0. The number of imidazole rings is 1. The van der Waals surface area contributed by atoms with Crippen molar-refractivity contribution in [2.75, 3.05) is 44.8 Å². The van der Waals surface area contributed by atoms with Crippen molar-refractivity contribution in [3.63, 3.8) is 0 Å². The zero-order chi connectivity index (χ0) is 57.2. The predicted molar refractivity (Wildman–Crippen MR) is 315 cm³/mol. The van der Waals surface area contributed by atoms with E-state index in [4.69, 9.17) is 34.1 Å². The molecule has 1 N–H and O–H groups in total. The van der Waals surface area contributed by atoms with Crippen LogP contribution in [-0.4, -0.2) is 105 Å². The molecular formula is C66H58F4N12O3. The maximum absolute atomic E-state index is 17.7. The molecule has 2 atom stereocenters. The lowest BCUT2D eigenvalue weighted by Crippen LogP contribution is -2.44. The van der Waals surface area contributed by atoms with Crippen molar-refractivity contribution in [1.82, 2.24) is 54.1 Å². The topological polar surface area (TPSA) is 154 Å². The molecule has 0 bridgehead atoms. The summed E-state index contributed by atoms with van der Waals surface area (Å²) in [5.74, 6) is -2.01. The molecule has 4 fully saturated rings. The molecule has 2 unspecified atom stereocenters. The van der Waals surface area contributed by atoms with Gasteiger partial charge in [-0.05, 0) is 136 Å². The largest absolute Gasteiger partial charge is 0.477 e. The van der Waals surface area contributed by atoms with Gasteiger partial charge in [0.15, 0.2) is 11.6 Å². The monoisotopic (exact) mass is 1140 g/mol. The number of hydrogen-bond acceptors (Lipinski definition) is 14. The molecule has 11 aromatic rings. The molecule has 0 amide bonds. The summed E-state index contributed by atoms with van der Waals surface area (Å²) in [6.07, 6.45) is 20.8. The van der Waals surface area contributed by atoms with Crippen LogP contribution in [0.4, 0.5) is 23.4 Å². The smallest absolute Gasteiger partial charge is 0.320 e. The summed E-state index contributed by atoms with van der Waals surface area (Å²) >= 11 is 0. The van der Waals surface area contributed by atoms with Crippen LogP contribution in [-0.2, 0) is 13.0 Å². The van der Waals surface area contributed by atoms with Gasteiger partial charge in [0.1, 0.15) is 58.7 Å². The highest BCUT2D eigenvalue weighted by molar-refractivity contribution is 6.01. The second kappa shape index (κ2) is 21.6. The highest BCUT2D eigenvalue weighted by Gasteiger charge is 2.51. The highest BCUT2D eigenvalue weighted by Crippen LogP contribution is 2.51. The summed E-state index contributed by atoms with van der Waals surface area (Å²) in [6, 6.07) is 26.2.